The molecule has 2 aromatic heterocycles. The maximum Gasteiger partial charge on any atom is 0.297 e. The molecule has 1 fully saturated rings. The standard InChI is InChI=1S/C23H27N5O5/c1-31-13-15-8-14(11-24)9-18(30)20(15)17-10-19(32-2)21-22(26-17)27-23(33-21)25-16-4-3-5-28(12-16)6-7-29/h8-10,16,29-30H,3-7,12-13H2,1-2H3,(H,25,26,27)/t16-/m1/s1. The van der Waals surface area contributed by atoms with E-state index in [2.05, 4.69) is 20.2 Å². The smallest absolute Gasteiger partial charge is 0.297 e. The van der Waals surface area contributed by atoms with E-state index < -0.39 is 0 Å². The number of aromatic nitrogens is 2. The first-order valence-corrected chi connectivity index (χ1v) is 10.8. The normalized spacial score (nSPS) is 16.6. The first-order chi connectivity index (χ1) is 16.1. The summed E-state index contributed by atoms with van der Waals surface area (Å²) in [7, 11) is 3.07. The van der Waals surface area contributed by atoms with Gasteiger partial charge in [0.25, 0.3) is 6.01 Å². The molecule has 3 N–H and O–H groups in total. The molecule has 0 unspecified atom stereocenters. The van der Waals surface area contributed by atoms with Gasteiger partial charge in [0, 0.05) is 37.9 Å². The van der Waals surface area contributed by atoms with Gasteiger partial charge in [-0.25, -0.2) is 4.98 Å². The second-order valence-corrected chi connectivity index (χ2v) is 7.96. The summed E-state index contributed by atoms with van der Waals surface area (Å²) in [6, 6.07) is 7.23. The number of hydrogen-bond acceptors (Lipinski definition) is 10. The predicted octanol–water partition coefficient (Wildman–Crippen LogP) is 2.49. The van der Waals surface area contributed by atoms with Crippen molar-refractivity contribution in [1.82, 2.24) is 14.9 Å². The Bertz CT molecular complexity index is 1170. The number of nitrogens with one attached hydrogen (secondary N) is 1. The molecule has 1 aliphatic heterocycles. The number of benzene rings is 1. The highest BCUT2D eigenvalue weighted by atomic mass is 16.5. The molecule has 10 nitrogen and oxygen atoms in total. The second kappa shape index (κ2) is 10.0. The minimum atomic E-state index is -0.0805. The lowest BCUT2D eigenvalue weighted by molar-refractivity contribution is 0.166. The Balaban J connectivity index is 1.70. The number of nitriles is 1. The molecule has 3 heterocycles. The monoisotopic (exact) mass is 453 g/mol. The number of β-amino-alcohol motifs (C(OH)–C–C–N with tert-alkyl or cyclic N) is 1. The first kappa shape index (κ1) is 22.8. The van der Waals surface area contributed by atoms with Gasteiger partial charge in [-0.1, -0.05) is 0 Å². The number of phenolic OH excluding ortho intramolecular Hbond substituents is 1. The minimum Gasteiger partial charge on any atom is -0.507 e. The van der Waals surface area contributed by atoms with Crippen LogP contribution < -0.4 is 10.1 Å². The van der Waals surface area contributed by atoms with Gasteiger partial charge in [-0.3, -0.25) is 4.90 Å². The van der Waals surface area contributed by atoms with E-state index in [1.165, 1.54) is 13.2 Å². The van der Waals surface area contributed by atoms with Crippen molar-refractivity contribution < 1.29 is 24.1 Å². The Hall–Kier alpha value is -3.39. The number of methoxy groups -OCH3 is 2. The van der Waals surface area contributed by atoms with Crippen molar-refractivity contribution in [2.75, 3.05) is 45.8 Å². The number of rotatable bonds is 8. The summed E-state index contributed by atoms with van der Waals surface area (Å²) in [6.45, 7) is 2.71. The lowest BCUT2D eigenvalue weighted by Crippen LogP contribution is -2.43. The third-order valence-corrected chi connectivity index (χ3v) is 5.68. The van der Waals surface area contributed by atoms with E-state index in [0.717, 1.165) is 25.9 Å². The van der Waals surface area contributed by atoms with Crippen LogP contribution in [0.2, 0.25) is 0 Å². The van der Waals surface area contributed by atoms with Crippen molar-refractivity contribution in [1.29, 1.82) is 5.26 Å². The summed E-state index contributed by atoms with van der Waals surface area (Å²) < 4.78 is 16.7. The molecule has 0 bridgehead atoms. The number of likely N-dealkylation sites (tertiary alicyclic amines) is 1. The Kier molecular flexibility index (Phi) is 6.93. The summed E-state index contributed by atoms with van der Waals surface area (Å²) >= 11 is 0. The van der Waals surface area contributed by atoms with Crippen molar-refractivity contribution in [2.45, 2.75) is 25.5 Å². The molecular weight excluding hydrogens is 426 g/mol. The van der Waals surface area contributed by atoms with E-state index in [-0.39, 0.29) is 25.0 Å². The number of fused-ring (bicyclic) bond motifs is 1. The van der Waals surface area contributed by atoms with Crippen molar-refractivity contribution in [3.05, 3.63) is 29.3 Å². The average molecular weight is 453 g/mol. The number of phenols is 1. The molecule has 0 radical (unpaired) electrons. The number of nitrogens with zero attached hydrogens (tertiary/aromatic N) is 4. The van der Waals surface area contributed by atoms with Gasteiger partial charge in [0.1, 0.15) is 5.75 Å². The van der Waals surface area contributed by atoms with Gasteiger partial charge in [0.2, 0.25) is 11.2 Å². The lowest BCUT2D eigenvalue weighted by atomic mass is 10.00. The second-order valence-electron chi connectivity index (χ2n) is 7.96. The quantitative estimate of drug-likeness (QED) is 0.466. The van der Waals surface area contributed by atoms with Gasteiger partial charge >= 0.3 is 0 Å². The first-order valence-electron chi connectivity index (χ1n) is 10.8. The zero-order valence-corrected chi connectivity index (χ0v) is 18.7. The average Bonchev–Trinajstić information content (AvgIpc) is 3.21. The Morgan fingerprint density at radius 1 is 1.30 bits per heavy atom. The van der Waals surface area contributed by atoms with Crippen LogP contribution in [0.15, 0.2) is 22.6 Å². The molecule has 174 valence electrons. The third-order valence-electron chi connectivity index (χ3n) is 5.68. The fraction of sp³-hybridized carbons (Fsp3) is 0.435. The molecule has 1 atom stereocenters. The van der Waals surface area contributed by atoms with Crippen LogP contribution in [-0.4, -0.2) is 71.6 Å². The number of anilines is 1. The van der Waals surface area contributed by atoms with E-state index in [1.54, 1.807) is 19.2 Å². The topological polar surface area (TPSA) is 137 Å². The Morgan fingerprint density at radius 2 is 2.15 bits per heavy atom. The van der Waals surface area contributed by atoms with Gasteiger partial charge in [0.05, 0.1) is 37.7 Å². The number of aliphatic hydroxyl groups is 1. The maximum atomic E-state index is 10.6. The lowest BCUT2D eigenvalue weighted by Gasteiger charge is -2.32. The molecule has 1 aliphatic rings. The molecule has 3 aromatic rings. The van der Waals surface area contributed by atoms with Gasteiger partial charge in [-0.15, -0.1) is 0 Å². The molecule has 4 rings (SSSR count). The van der Waals surface area contributed by atoms with Gasteiger partial charge in [-0.2, -0.15) is 10.2 Å². The third kappa shape index (κ3) is 4.85. The largest absolute Gasteiger partial charge is 0.507 e. The van der Waals surface area contributed by atoms with Crippen molar-refractivity contribution in [3.63, 3.8) is 0 Å². The molecular formula is C23H27N5O5. The molecule has 0 amide bonds. The molecule has 10 heteroatoms. The number of pyridine rings is 1. The molecule has 1 saturated heterocycles. The summed E-state index contributed by atoms with van der Waals surface area (Å²) in [5.41, 5.74) is 2.55. The molecule has 1 aromatic carbocycles. The number of piperidine rings is 1. The molecule has 0 spiro atoms. The van der Waals surface area contributed by atoms with Gasteiger partial charge < -0.3 is 29.4 Å². The number of aromatic hydroxyl groups is 1. The van der Waals surface area contributed by atoms with Crippen LogP contribution in [0.4, 0.5) is 6.01 Å². The Labute approximate surface area is 191 Å². The molecule has 0 aliphatic carbocycles. The van der Waals surface area contributed by atoms with Crippen molar-refractivity contribution in [3.8, 4) is 28.8 Å². The minimum absolute atomic E-state index is 0.0805. The highest BCUT2D eigenvalue weighted by Gasteiger charge is 2.23. The van der Waals surface area contributed by atoms with Crippen molar-refractivity contribution in [2.24, 2.45) is 0 Å². The van der Waals surface area contributed by atoms with Gasteiger partial charge in [-0.05, 0) is 37.1 Å². The summed E-state index contributed by atoms with van der Waals surface area (Å²) in [6.07, 6.45) is 1.99. The zero-order valence-electron chi connectivity index (χ0n) is 18.7. The SMILES string of the molecule is COCc1cc(C#N)cc(O)c1-c1cc(OC)c2oc(N[C@@H]3CCCN(CCO)C3)nc2n1. The fourth-order valence-corrected chi connectivity index (χ4v) is 4.23. The van der Waals surface area contributed by atoms with Crippen LogP contribution in [0.5, 0.6) is 11.5 Å². The van der Waals surface area contributed by atoms with Crippen LogP contribution in [0, 0.1) is 11.3 Å². The van der Waals surface area contributed by atoms with Crippen LogP contribution in [0.25, 0.3) is 22.5 Å². The van der Waals surface area contributed by atoms with E-state index >= 15 is 0 Å². The molecule has 33 heavy (non-hydrogen) atoms. The van der Waals surface area contributed by atoms with E-state index in [9.17, 15) is 15.5 Å². The van der Waals surface area contributed by atoms with E-state index in [4.69, 9.17) is 13.9 Å². The summed E-state index contributed by atoms with van der Waals surface area (Å²) in [5.74, 6) is 0.344. The zero-order chi connectivity index (χ0) is 23.4. The number of ether oxygens (including phenoxy) is 2. The van der Waals surface area contributed by atoms with Crippen LogP contribution >= 0.6 is 0 Å². The maximum absolute atomic E-state index is 10.6. The number of oxazole rings is 1. The Morgan fingerprint density at radius 3 is 2.88 bits per heavy atom. The summed E-state index contributed by atoms with van der Waals surface area (Å²) in [5, 5.41) is 32.4. The van der Waals surface area contributed by atoms with Crippen LogP contribution in [-0.2, 0) is 11.3 Å². The highest BCUT2D eigenvalue weighted by molar-refractivity contribution is 5.84. The van der Waals surface area contributed by atoms with E-state index in [1.807, 2.05) is 6.07 Å². The fourth-order valence-electron chi connectivity index (χ4n) is 4.23. The van der Waals surface area contributed by atoms with E-state index in [0.29, 0.717) is 51.9 Å². The highest BCUT2D eigenvalue weighted by Crippen LogP contribution is 2.38. The van der Waals surface area contributed by atoms with Crippen LogP contribution in [0.3, 0.4) is 0 Å². The van der Waals surface area contributed by atoms with Crippen molar-refractivity contribution >= 4 is 17.2 Å². The number of aliphatic hydroxyl groups excluding tert-OH is 1. The number of hydrogen-bond donors (Lipinski definition) is 3. The summed E-state index contributed by atoms with van der Waals surface area (Å²) in [4.78, 5) is 11.3. The predicted molar refractivity (Wildman–Crippen MR) is 121 cm³/mol. The molecule has 0 saturated carbocycles. The van der Waals surface area contributed by atoms with Gasteiger partial charge in [0.15, 0.2) is 5.75 Å². The van der Waals surface area contributed by atoms with Crippen LogP contribution in [0.1, 0.15) is 24.0 Å².